The molecule has 0 saturated heterocycles. The molecule has 0 fully saturated rings. The number of hydrogen-bond donors (Lipinski definition) is 2. The lowest BCUT2D eigenvalue weighted by molar-refractivity contribution is 0.283. The summed E-state index contributed by atoms with van der Waals surface area (Å²) in [5, 5.41) is 12.8. The molecule has 0 bridgehead atoms. The Morgan fingerprint density at radius 3 is 2.42 bits per heavy atom. The maximum atomic E-state index is 10.9. The minimum atomic E-state index is -3.51. The van der Waals surface area contributed by atoms with Crippen LogP contribution in [0.4, 0.5) is 0 Å². The number of allylic oxidation sites excluding steroid dienone is 1. The molecule has 5 heteroatoms. The standard InChI is InChI=1S/C7H15NO3S/c1-2-3-4-7(5-6-9)12(8,10)11/h2,7,9H,1,3-6H2,(H2,8,10,11)/t7-/m1/s1. The van der Waals surface area contributed by atoms with Crippen LogP contribution in [0, 0.1) is 0 Å². The Hall–Kier alpha value is -0.390. The number of primary sulfonamides is 1. The zero-order valence-corrected chi connectivity index (χ0v) is 7.76. The van der Waals surface area contributed by atoms with E-state index in [0.717, 1.165) is 0 Å². The predicted molar refractivity (Wildman–Crippen MR) is 48.0 cm³/mol. The van der Waals surface area contributed by atoms with Gasteiger partial charge in [0, 0.05) is 6.61 Å². The van der Waals surface area contributed by atoms with Crippen molar-refractivity contribution in [1.29, 1.82) is 0 Å². The van der Waals surface area contributed by atoms with E-state index < -0.39 is 15.3 Å². The second kappa shape index (κ2) is 5.29. The van der Waals surface area contributed by atoms with Gasteiger partial charge in [-0.15, -0.1) is 6.58 Å². The summed E-state index contributed by atoms with van der Waals surface area (Å²) < 4.78 is 21.7. The normalized spacial score (nSPS) is 14.2. The van der Waals surface area contributed by atoms with Gasteiger partial charge in [-0.25, -0.2) is 13.6 Å². The lowest BCUT2D eigenvalue weighted by atomic mass is 10.2. The van der Waals surface area contributed by atoms with Gasteiger partial charge in [0.2, 0.25) is 10.0 Å². The Morgan fingerprint density at radius 2 is 2.08 bits per heavy atom. The fourth-order valence-corrected chi connectivity index (χ4v) is 1.82. The van der Waals surface area contributed by atoms with Gasteiger partial charge in [-0.05, 0) is 19.3 Å². The molecule has 1 atom stereocenters. The molecule has 0 aromatic heterocycles. The molecule has 0 saturated carbocycles. The van der Waals surface area contributed by atoms with Gasteiger partial charge in [-0.1, -0.05) is 6.08 Å². The van der Waals surface area contributed by atoms with Gasteiger partial charge in [0.1, 0.15) is 0 Å². The molecule has 72 valence electrons. The van der Waals surface area contributed by atoms with Gasteiger partial charge in [-0.3, -0.25) is 0 Å². The highest BCUT2D eigenvalue weighted by Crippen LogP contribution is 2.09. The molecule has 3 N–H and O–H groups in total. The van der Waals surface area contributed by atoms with Crippen LogP contribution in [-0.2, 0) is 10.0 Å². The van der Waals surface area contributed by atoms with Crippen LogP contribution in [0.2, 0.25) is 0 Å². The van der Waals surface area contributed by atoms with Crippen LogP contribution in [0.15, 0.2) is 12.7 Å². The van der Waals surface area contributed by atoms with Crippen LogP contribution in [0.3, 0.4) is 0 Å². The fraction of sp³-hybridized carbons (Fsp3) is 0.714. The van der Waals surface area contributed by atoms with Gasteiger partial charge in [0.05, 0.1) is 5.25 Å². The van der Waals surface area contributed by atoms with E-state index in [1.54, 1.807) is 6.08 Å². The monoisotopic (exact) mass is 193 g/mol. The van der Waals surface area contributed by atoms with E-state index in [4.69, 9.17) is 10.2 Å². The zero-order valence-electron chi connectivity index (χ0n) is 6.94. The van der Waals surface area contributed by atoms with Crippen molar-refractivity contribution in [2.45, 2.75) is 24.5 Å². The first-order chi connectivity index (χ1) is 5.52. The Balaban J connectivity index is 4.13. The number of aliphatic hydroxyl groups is 1. The van der Waals surface area contributed by atoms with Gasteiger partial charge in [0.25, 0.3) is 0 Å². The number of sulfonamides is 1. The third-order valence-corrected chi connectivity index (χ3v) is 3.01. The van der Waals surface area contributed by atoms with Crippen molar-refractivity contribution in [3.8, 4) is 0 Å². The molecule has 0 aromatic carbocycles. The van der Waals surface area contributed by atoms with Crippen molar-refractivity contribution >= 4 is 10.0 Å². The highest BCUT2D eigenvalue weighted by atomic mass is 32.2. The first kappa shape index (κ1) is 11.6. The van der Waals surface area contributed by atoms with E-state index in [1.165, 1.54) is 0 Å². The summed E-state index contributed by atoms with van der Waals surface area (Å²) in [5.74, 6) is 0. The summed E-state index contributed by atoms with van der Waals surface area (Å²) in [7, 11) is -3.51. The highest BCUT2D eigenvalue weighted by molar-refractivity contribution is 7.89. The fourth-order valence-electron chi connectivity index (χ4n) is 0.921. The summed E-state index contributed by atoms with van der Waals surface area (Å²) in [4.78, 5) is 0. The average Bonchev–Trinajstić information content (AvgIpc) is 1.95. The molecule has 0 aliphatic heterocycles. The van der Waals surface area contributed by atoms with Crippen molar-refractivity contribution in [2.24, 2.45) is 5.14 Å². The molecule has 12 heavy (non-hydrogen) atoms. The zero-order chi connectivity index (χ0) is 9.61. The molecule has 0 unspecified atom stereocenters. The maximum Gasteiger partial charge on any atom is 0.212 e. The van der Waals surface area contributed by atoms with E-state index in [-0.39, 0.29) is 13.0 Å². The molecular weight excluding hydrogens is 178 g/mol. The highest BCUT2D eigenvalue weighted by Gasteiger charge is 2.19. The Bertz CT molecular complexity index is 223. The lowest BCUT2D eigenvalue weighted by Gasteiger charge is -2.11. The topological polar surface area (TPSA) is 80.4 Å². The molecule has 4 nitrogen and oxygen atoms in total. The molecule has 0 heterocycles. The molecule has 0 radical (unpaired) electrons. The van der Waals surface area contributed by atoms with Crippen LogP contribution in [0.25, 0.3) is 0 Å². The number of rotatable bonds is 6. The van der Waals surface area contributed by atoms with E-state index in [2.05, 4.69) is 6.58 Å². The minimum Gasteiger partial charge on any atom is -0.396 e. The van der Waals surface area contributed by atoms with E-state index in [9.17, 15) is 8.42 Å². The number of nitrogens with two attached hydrogens (primary N) is 1. The number of aliphatic hydroxyl groups excluding tert-OH is 1. The van der Waals surface area contributed by atoms with Crippen molar-refractivity contribution in [3.63, 3.8) is 0 Å². The first-order valence-corrected chi connectivity index (χ1v) is 5.36. The molecule has 0 aromatic rings. The minimum absolute atomic E-state index is 0.155. The molecule has 0 amide bonds. The smallest absolute Gasteiger partial charge is 0.212 e. The maximum absolute atomic E-state index is 10.9. The Morgan fingerprint density at radius 1 is 1.50 bits per heavy atom. The van der Waals surface area contributed by atoms with Crippen LogP contribution in [0.1, 0.15) is 19.3 Å². The predicted octanol–water partition coefficient (Wildman–Crippen LogP) is -0.00790. The Labute approximate surface area is 73.1 Å². The Kier molecular flexibility index (Phi) is 5.12. The van der Waals surface area contributed by atoms with Gasteiger partial charge < -0.3 is 5.11 Å². The summed E-state index contributed by atoms with van der Waals surface area (Å²) in [6, 6.07) is 0. The molecular formula is C7H15NO3S. The van der Waals surface area contributed by atoms with Crippen LogP contribution >= 0.6 is 0 Å². The van der Waals surface area contributed by atoms with Crippen molar-refractivity contribution < 1.29 is 13.5 Å². The molecule has 0 spiro atoms. The quantitative estimate of drug-likeness (QED) is 0.582. The second-order valence-electron chi connectivity index (χ2n) is 2.59. The summed E-state index contributed by atoms with van der Waals surface area (Å²) in [6.45, 7) is 3.32. The van der Waals surface area contributed by atoms with Crippen LogP contribution in [0.5, 0.6) is 0 Å². The largest absolute Gasteiger partial charge is 0.396 e. The molecule has 0 aliphatic carbocycles. The average molecular weight is 193 g/mol. The first-order valence-electron chi connectivity index (χ1n) is 3.75. The summed E-state index contributed by atoms with van der Waals surface area (Å²) in [6.07, 6.45) is 2.87. The lowest BCUT2D eigenvalue weighted by Crippen LogP contribution is -2.29. The third kappa shape index (κ3) is 4.48. The van der Waals surface area contributed by atoms with E-state index in [1.807, 2.05) is 0 Å². The van der Waals surface area contributed by atoms with Crippen LogP contribution < -0.4 is 5.14 Å². The van der Waals surface area contributed by atoms with Gasteiger partial charge in [0.15, 0.2) is 0 Å². The second-order valence-corrected chi connectivity index (χ2v) is 4.43. The van der Waals surface area contributed by atoms with Gasteiger partial charge in [-0.2, -0.15) is 0 Å². The number of hydrogen-bond acceptors (Lipinski definition) is 3. The van der Waals surface area contributed by atoms with E-state index in [0.29, 0.717) is 12.8 Å². The van der Waals surface area contributed by atoms with Crippen molar-refractivity contribution in [2.75, 3.05) is 6.61 Å². The molecule has 0 aliphatic rings. The van der Waals surface area contributed by atoms with E-state index >= 15 is 0 Å². The van der Waals surface area contributed by atoms with Gasteiger partial charge >= 0.3 is 0 Å². The summed E-state index contributed by atoms with van der Waals surface area (Å²) in [5.41, 5.74) is 0. The SMILES string of the molecule is C=CCC[C@H](CCO)S(N)(=O)=O. The molecule has 0 rings (SSSR count). The van der Waals surface area contributed by atoms with Crippen molar-refractivity contribution in [3.05, 3.63) is 12.7 Å². The summed E-state index contributed by atoms with van der Waals surface area (Å²) >= 11 is 0. The third-order valence-electron chi connectivity index (χ3n) is 1.61. The van der Waals surface area contributed by atoms with Crippen molar-refractivity contribution in [1.82, 2.24) is 0 Å². The van der Waals surface area contributed by atoms with Crippen LogP contribution in [-0.4, -0.2) is 25.4 Å².